The molecule has 0 amide bonds. The van der Waals surface area contributed by atoms with Crippen LogP contribution in [0.15, 0.2) is 0 Å². The fraction of sp³-hybridized carbons (Fsp3) is 0.600. The number of ether oxygens (including phenoxy) is 4. The average Bonchev–Trinajstić information content (AvgIpc) is 2.52. The van der Waals surface area contributed by atoms with Gasteiger partial charge in [-0.3, -0.25) is 6.29 Å². The molecule has 0 aromatic carbocycles. The molecule has 0 spiro atoms. The minimum Gasteiger partial charge on any atom is -0.645 e. The summed E-state index contributed by atoms with van der Waals surface area (Å²) in [7, 11) is 7.00. The molecule has 0 bridgehead atoms. The first-order valence-corrected chi connectivity index (χ1v) is 9.96. The van der Waals surface area contributed by atoms with Gasteiger partial charge in [0, 0.05) is 72.5 Å². The molecule has 0 unspecified atom stereocenters. The number of methoxy groups -OCH3 is 1. The topological polar surface area (TPSA) is 105 Å². The van der Waals surface area contributed by atoms with Gasteiger partial charge in [-0.1, -0.05) is 62.6 Å². The maximum absolute atomic E-state index is 9.44. The van der Waals surface area contributed by atoms with Crippen molar-refractivity contribution in [2.45, 2.75) is 6.92 Å². The second-order valence-corrected chi connectivity index (χ2v) is 6.83. The Balaban J connectivity index is -0.0000000805. The monoisotopic (exact) mass is 568 g/mol. The van der Waals surface area contributed by atoms with Gasteiger partial charge in [0.2, 0.25) is 0 Å². The minimum absolute atomic E-state index is 0. The first-order valence-electron chi connectivity index (χ1n) is 4.98. The van der Waals surface area contributed by atoms with Gasteiger partial charge < -0.3 is 38.1 Å². The fourth-order valence-electron chi connectivity index (χ4n) is 0.329. The van der Waals surface area contributed by atoms with Crippen molar-refractivity contribution < 1.29 is 104 Å². The number of carbonyl (C=O) groups excluding carboxylic acids is 4. The average molecular weight is 568 g/mol. The zero-order valence-corrected chi connectivity index (χ0v) is 21.8. The Bertz CT molecular complexity index is 243. The normalized spacial score (nSPS) is 7.42. The van der Waals surface area contributed by atoms with Crippen LogP contribution in [-0.4, -0.2) is 56.6 Å². The van der Waals surface area contributed by atoms with Gasteiger partial charge in [0.05, 0.1) is 0 Å². The van der Waals surface area contributed by atoms with E-state index < -0.39 is 0 Å². The summed E-state index contributed by atoms with van der Waals surface area (Å²) in [5, 5.41) is 0. The molecule has 0 rings (SSSR count). The van der Waals surface area contributed by atoms with Crippen molar-refractivity contribution in [1.29, 1.82) is 0 Å². The Labute approximate surface area is 207 Å². The van der Waals surface area contributed by atoms with Gasteiger partial charge in [0.15, 0.2) is 0 Å². The number of rotatable bonds is 13. The van der Waals surface area contributed by atoms with Crippen LogP contribution in [0.25, 0.3) is 0 Å². The molecule has 0 aliphatic rings. The Morgan fingerprint density at radius 2 is 0.917 bits per heavy atom. The maximum Gasteiger partial charge on any atom is 0.107 e. The summed E-state index contributed by atoms with van der Waals surface area (Å²) in [5.74, 6) is 1.34. The third kappa shape index (κ3) is 56.5. The van der Waals surface area contributed by atoms with Gasteiger partial charge >= 0.3 is 0 Å². The third-order valence-corrected chi connectivity index (χ3v) is 4.29. The van der Waals surface area contributed by atoms with Crippen molar-refractivity contribution in [3.8, 4) is 0 Å². The van der Waals surface area contributed by atoms with E-state index in [2.05, 4.69) is 14.2 Å². The van der Waals surface area contributed by atoms with Crippen molar-refractivity contribution in [2.75, 3.05) is 30.9 Å². The summed E-state index contributed by atoms with van der Waals surface area (Å²) in [5.41, 5.74) is 0. The molecule has 0 fully saturated rings. The molecule has 136 valence electrons. The van der Waals surface area contributed by atoms with Crippen LogP contribution in [0.2, 0.25) is 0 Å². The van der Waals surface area contributed by atoms with Crippen molar-refractivity contribution >= 4 is 68.9 Å². The van der Waals surface area contributed by atoms with Gasteiger partial charge in [-0.05, 0) is 0 Å². The van der Waals surface area contributed by atoms with E-state index in [9.17, 15) is 14.4 Å². The summed E-state index contributed by atoms with van der Waals surface area (Å²) in [6.45, 7) is 5.15. The SMILES string of the molecule is COCSSCO[C-]=O.C[C-]=O.O=[C-]OCSSCO[C-]=O.[Y].[Y]. The van der Waals surface area contributed by atoms with Crippen LogP contribution in [0.4, 0.5) is 0 Å². The molecular weight excluding hydrogens is 554 g/mol. The van der Waals surface area contributed by atoms with Crippen LogP contribution in [0, 0.1) is 0 Å². The molecule has 0 N–H and O–H groups in total. The molecule has 0 aromatic rings. The molecule has 0 aliphatic heterocycles. The molecular formula is C10H14O8S4Y2-4. The van der Waals surface area contributed by atoms with Crippen LogP contribution >= 0.6 is 43.2 Å². The second kappa shape index (κ2) is 44.3. The number of hydrogen-bond donors (Lipinski definition) is 0. The van der Waals surface area contributed by atoms with E-state index in [1.165, 1.54) is 75.8 Å². The van der Waals surface area contributed by atoms with Crippen LogP contribution in [0.3, 0.4) is 0 Å². The Hall–Kier alpha value is 1.65. The van der Waals surface area contributed by atoms with Gasteiger partial charge in [-0.25, -0.2) is 0 Å². The minimum atomic E-state index is 0. The van der Waals surface area contributed by atoms with Crippen LogP contribution in [-0.2, 0) is 104 Å². The standard InChI is InChI=1S/C4H4O4S2.C4H7O3S2.C2H3O.2Y/c5-1-7-3-9-10-4-8-2-6;1-6-3-8-9-4-7-2-5;1-2-3;;/h3-4H2;3-4H2,1H3;1H3;;/q-2;2*-1;;. The molecule has 0 aliphatic carbocycles. The Morgan fingerprint density at radius 3 is 1.12 bits per heavy atom. The van der Waals surface area contributed by atoms with E-state index in [-0.39, 0.29) is 77.3 Å². The van der Waals surface area contributed by atoms with Crippen molar-refractivity contribution in [1.82, 2.24) is 0 Å². The molecule has 0 saturated heterocycles. The van der Waals surface area contributed by atoms with E-state index in [1.54, 1.807) is 7.11 Å². The second-order valence-electron chi connectivity index (χ2n) is 2.12. The summed E-state index contributed by atoms with van der Waals surface area (Å²) >= 11 is 0. The third-order valence-electron chi connectivity index (χ3n) is 0.831. The predicted molar refractivity (Wildman–Crippen MR) is 88.5 cm³/mol. The van der Waals surface area contributed by atoms with Crippen LogP contribution < -0.4 is 0 Å². The zero-order chi connectivity index (χ0) is 17.3. The van der Waals surface area contributed by atoms with Gasteiger partial charge in [-0.2, -0.15) is 6.92 Å². The molecule has 14 heteroatoms. The number of hydrogen-bond acceptors (Lipinski definition) is 12. The summed E-state index contributed by atoms with van der Waals surface area (Å²) < 4.78 is 17.4. The maximum atomic E-state index is 9.44. The van der Waals surface area contributed by atoms with Crippen LogP contribution in [0.1, 0.15) is 6.92 Å². The van der Waals surface area contributed by atoms with E-state index in [4.69, 9.17) is 9.53 Å². The summed E-state index contributed by atoms with van der Waals surface area (Å²) in [6, 6.07) is 0. The van der Waals surface area contributed by atoms with Crippen molar-refractivity contribution in [2.24, 2.45) is 0 Å². The Kier molecular flexibility index (Phi) is 67.4. The first kappa shape index (κ1) is 36.5. The molecule has 0 atom stereocenters. The molecule has 2 radical (unpaired) electrons. The van der Waals surface area contributed by atoms with E-state index in [0.29, 0.717) is 11.9 Å². The van der Waals surface area contributed by atoms with E-state index in [1.807, 2.05) is 0 Å². The first-order chi connectivity index (χ1) is 10.7. The van der Waals surface area contributed by atoms with Gasteiger partial charge in [0.25, 0.3) is 0 Å². The Morgan fingerprint density at radius 1 is 0.667 bits per heavy atom. The molecule has 0 heterocycles. The predicted octanol–water partition coefficient (Wildman–Crippen LogP) is 1.57. The molecule has 8 nitrogen and oxygen atoms in total. The van der Waals surface area contributed by atoms with Gasteiger partial charge in [0.1, 0.15) is 23.8 Å². The van der Waals surface area contributed by atoms with Crippen molar-refractivity contribution in [3.05, 3.63) is 0 Å². The fourth-order valence-corrected chi connectivity index (χ4v) is 2.52. The largest absolute Gasteiger partial charge is 0.645 e. The molecule has 0 aromatic heterocycles. The summed E-state index contributed by atoms with van der Waals surface area (Å²) in [6.07, 6.45) is 1.50. The van der Waals surface area contributed by atoms with Crippen molar-refractivity contribution in [3.63, 3.8) is 0 Å². The smallest absolute Gasteiger partial charge is 0.107 e. The molecule has 0 saturated carbocycles. The summed E-state index contributed by atoms with van der Waals surface area (Å²) in [4.78, 5) is 37.0. The van der Waals surface area contributed by atoms with E-state index >= 15 is 0 Å². The van der Waals surface area contributed by atoms with Crippen LogP contribution in [0.5, 0.6) is 0 Å². The van der Waals surface area contributed by atoms with E-state index in [0.717, 1.165) is 0 Å². The zero-order valence-electron chi connectivity index (χ0n) is 12.9. The molecule has 24 heavy (non-hydrogen) atoms. The van der Waals surface area contributed by atoms with Gasteiger partial charge in [-0.15, -0.1) is 0 Å². The quantitative estimate of drug-likeness (QED) is 0.106.